The SMILES string of the molecule is Cc1c(C(=O)N[C@@H](CC(C)C)C(=O)O)cnn1-c1ccccc1F. The molecule has 0 fully saturated rings. The lowest BCUT2D eigenvalue weighted by atomic mass is 10.0. The molecular weight excluding hydrogens is 313 g/mol. The van der Waals surface area contributed by atoms with Gasteiger partial charge in [0, 0.05) is 0 Å². The summed E-state index contributed by atoms with van der Waals surface area (Å²) < 4.78 is 15.2. The summed E-state index contributed by atoms with van der Waals surface area (Å²) in [6, 6.07) is 5.11. The molecular formula is C17H20FN3O3. The van der Waals surface area contributed by atoms with Crippen LogP contribution in [0.15, 0.2) is 30.5 Å². The molecule has 6 nitrogen and oxygen atoms in total. The highest BCUT2D eigenvalue weighted by Crippen LogP contribution is 2.17. The summed E-state index contributed by atoms with van der Waals surface area (Å²) in [7, 11) is 0. The number of amides is 1. The third kappa shape index (κ3) is 3.79. The van der Waals surface area contributed by atoms with Crippen LogP contribution in [-0.2, 0) is 4.79 Å². The van der Waals surface area contributed by atoms with Gasteiger partial charge in [0.15, 0.2) is 0 Å². The molecule has 0 aliphatic carbocycles. The number of nitrogens with zero attached hydrogens (tertiary/aromatic N) is 2. The molecule has 0 spiro atoms. The first-order valence-electron chi connectivity index (χ1n) is 7.64. The van der Waals surface area contributed by atoms with Crippen LogP contribution in [-0.4, -0.2) is 32.8 Å². The number of halogens is 1. The van der Waals surface area contributed by atoms with Crippen LogP contribution in [0.4, 0.5) is 4.39 Å². The van der Waals surface area contributed by atoms with Crippen molar-refractivity contribution < 1.29 is 19.1 Å². The number of carbonyl (C=O) groups excluding carboxylic acids is 1. The zero-order chi connectivity index (χ0) is 17.9. The third-order valence-electron chi connectivity index (χ3n) is 3.65. The second kappa shape index (κ2) is 7.25. The number of para-hydroxylation sites is 1. The second-order valence-electron chi connectivity index (χ2n) is 6.00. The molecule has 128 valence electrons. The highest BCUT2D eigenvalue weighted by atomic mass is 19.1. The molecule has 1 heterocycles. The molecule has 24 heavy (non-hydrogen) atoms. The number of rotatable bonds is 6. The Labute approximate surface area is 139 Å². The van der Waals surface area contributed by atoms with Crippen molar-refractivity contribution in [2.24, 2.45) is 5.92 Å². The number of benzene rings is 1. The minimum Gasteiger partial charge on any atom is -0.480 e. The molecule has 2 aromatic rings. The van der Waals surface area contributed by atoms with E-state index in [1.54, 1.807) is 25.1 Å². The van der Waals surface area contributed by atoms with Crippen molar-refractivity contribution in [3.05, 3.63) is 47.5 Å². The second-order valence-corrected chi connectivity index (χ2v) is 6.00. The van der Waals surface area contributed by atoms with Crippen molar-refractivity contribution in [2.45, 2.75) is 33.2 Å². The first-order chi connectivity index (χ1) is 11.3. The number of carbonyl (C=O) groups is 2. The minimum atomic E-state index is -1.09. The van der Waals surface area contributed by atoms with Gasteiger partial charge in [-0.1, -0.05) is 26.0 Å². The van der Waals surface area contributed by atoms with E-state index in [0.717, 1.165) is 0 Å². The molecule has 0 radical (unpaired) electrons. The van der Waals surface area contributed by atoms with Crippen LogP contribution in [0, 0.1) is 18.7 Å². The van der Waals surface area contributed by atoms with Crippen LogP contribution in [0.2, 0.25) is 0 Å². The first kappa shape index (κ1) is 17.7. The Morgan fingerprint density at radius 1 is 1.33 bits per heavy atom. The van der Waals surface area contributed by atoms with Gasteiger partial charge in [0.1, 0.15) is 17.5 Å². The number of aromatic nitrogens is 2. The molecule has 0 saturated heterocycles. The van der Waals surface area contributed by atoms with Gasteiger partial charge in [-0.25, -0.2) is 13.9 Å². The zero-order valence-electron chi connectivity index (χ0n) is 13.8. The standard InChI is InChI=1S/C17H20FN3O3/c1-10(2)8-14(17(23)24)20-16(22)12-9-19-21(11(12)3)15-7-5-4-6-13(15)18/h4-7,9-10,14H,8H2,1-3H3,(H,20,22)(H,23,24)/t14-/m0/s1. The van der Waals surface area contributed by atoms with E-state index in [2.05, 4.69) is 10.4 Å². The van der Waals surface area contributed by atoms with Crippen LogP contribution < -0.4 is 5.32 Å². The van der Waals surface area contributed by atoms with E-state index < -0.39 is 23.7 Å². The van der Waals surface area contributed by atoms with Crippen LogP contribution in [0.5, 0.6) is 0 Å². The Hall–Kier alpha value is -2.70. The Kier molecular flexibility index (Phi) is 5.33. The van der Waals surface area contributed by atoms with Crippen LogP contribution >= 0.6 is 0 Å². The molecule has 1 atom stereocenters. The van der Waals surface area contributed by atoms with E-state index >= 15 is 0 Å². The summed E-state index contributed by atoms with van der Waals surface area (Å²) in [6.07, 6.45) is 1.63. The molecule has 1 amide bonds. The monoisotopic (exact) mass is 333 g/mol. The number of nitrogens with one attached hydrogen (secondary N) is 1. The van der Waals surface area contributed by atoms with E-state index in [-0.39, 0.29) is 17.2 Å². The van der Waals surface area contributed by atoms with Crippen molar-refractivity contribution in [1.29, 1.82) is 0 Å². The summed E-state index contributed by atoms with van der Waals surface area (Å²) in [5, 5.41) is 15.8. The number of carboxylic acids is 1. The summed E-state index contributed by atoms with van der Waals surface area (Å²) in [5.41, 5.74) is 0.880. The van der Waals surface area contributed by atoms with Gasteiger partial charge in [-0.05, 0) is 31.4 Å². The van der Waals surface area contributed by atoms with Crippen molar-refractivity contribution >= 4 is 11.9 Å². The summed E-state index contributed by atoms with van der Waals surface area (Å²) >= 11 is 0. The maximum atomic E-state index is 13.9. The average Bonchev–Trinajstić information content (AvgIpc) is 2.88. The van der Waals surface area contributed by atoms with Gasteiger partial charge >= 0.3 is 5.97 Å². The van der Waals surface area contributed by atoms with Crippen LogP contribution in [0.1, 0.15) is 36.3 Å². The molecule has 0 bridgehead atoms. The number of hydrogen-bond donors (Lipinski definition) is 2. The molecule has 0 unspecified atom stereocenters. The molecule has 2 rings (SSSR count). The quantitative estimate of drug-likeness (QED) is 0.851. The third-order valence-corrected chi connectivity index (χ3v) is 3.65. The van der Waals surface area contributed by atoms with Crippen LogP contribution in [0.3, 0.4) is 0 Å². The fourth-order valence-electron chi connectivity index (χ4n) is 2.43. The molecule has 1 aromatic carbocycles. The highest BCUT2D eigenvalue weighted by molar-refractivity contribution is 5.97. The molecule has 0 aliphatic heterocycles. The lowest BCUT2D eigenvalue weighted by molar-refractivity contribution is -0.139. The Morgan fingerprint density at radius 3 is 2.58 bits per heavy atom. The molecule has 2 N–H and O–H groups in total. The van der Waals surface area contributed by atoms with E-state index in [1.807, 2.05) is 13.8 Å². The zero-order valence-corrected chi connectivity index (χ0v) is 13.8. The Morgan fingerprint density at radius 2 is 2.00 bits per heavy atom. The first-order valence-corrected chi connectivity index (χ1v) is 7.64. The fraction of sp³-hybridized carbons (Fsp3) is 0.353. The van der Waals surface area contributed by atoms with E-state index in [4.69, 9.17) is 0 Å². The summed E-state index contributed by atoms with van der Waals surface area (Å²) in [5.74, 6) is -1.97. The van der Waals surface area contributed by atoms with E-state index in [1.165, 1.54) is 16.9 Å². The van der Waals surface area contributed by atoms with Gasteiger partial charge in [0.05, 0.1) is 17.5 Å². The van der Waals surface area contributed by atoms with Crippen molar-refractivity contribution in [3.63, 3.8) is 0 Å². The fourth-order valence-corrected chi connectivity index (χ4v) is 2.43. The molecule has 0 saturated carbocycles. The minimum absolute atomic E-state index is 0.119. The van der Waals surface area contributed by atoms with Gasteiger partial charge in [-0.3, -0.25) is 4.79 Å². The Bertz CT molecular complexity index is 755. The van der Waals surface area contributed by atoms with Gasteiger partial charge in [0.25, 0.3) is 5.91 Å². The predicted octanol–water partition coefficient (Wildman–Crippen LogP) is 2.55. The lowest BCUT2D eigenvalue weighted by Gasteiger charge is -2.16. The molecule has 1 aromatic heterocycles. The molecule has 0 aliphatic rings. The lowest BCUT2D eigenvalue weighted by Crippen LogP contribution is -2.41. The Balaban J connectivity index is 2.26. The smallest absolute Gasteiger partial charge is 0.326 e. The van der Waals surface area contributed by atoms with E-state index in [0.29, 0.717) is 12.1 Å². The largest absolute Gasteiger partial charge is 0.480 e. The predicted molar refractivity (Wildman–Crippen MR) is 86.6 cm³/mol. The van der Waals surface area contributed by atoms with Gasteiger partial charge in [-0.15, -0.1) is 0 Å². The summed E-state index contributed by atoms with van der Waals surface area (Å²) in [4.78, 5) is 23.6. The summed E-state index contributed by atoms with van der Waals surface area (Å²) in [6.45, 7) is 5.39. The molecule has 7 heteroatoms. The maximum absolute atomic E-state index is 13.9. The van der Waals surface area contributed by atoms with Gasteiger partial charge < -0.3 is 10.4 Å². The van der Waals surface area contributed by atoms with Gasteiger partial charge in [-0.2, -0.15) is 5.10 Å². The normalized spacial score (nSPS) is 12.2. The van der Waals surface area contributed by atoms with Crippen molar-refractivity contribution in [3.8, 4) is 5.69 Å². The number of carboxylic acid groups (broad SMARTS) is 1. The van der Waals surface area contributed by atoms with E-state index in [9.17, 15) is 19.1 Å². The maximum Gasteiger partial charge on any atom is 0.326 e. The van der Waals surface area contributed by atoms with Crippen molar-refractivity contribution in [1.82, 2.24) is 15.1 Å². The topological polar surface area (TPSA) is 84.2 Å². The highest BCUT2D eigenvalue weighted by Gasteiger charge is 2.24. The van der Waals surface area contributed by atoms with Gasteiger partial charge in [0.2, 0.25) is 0 Å². The number of hydrogen-bond acceptors (Lipinski definition) is 3. The van der Waals surface area contributed by atoms with Crippen LogP contribution in [0.25, 0.3) is 5.69 Å². The number of aliphatic carboxylic acids is 1. The van der Waals surface area contributed by atoms with Crippen molar-refractivity contribution in [2.75, 3.05) is 0 Å². The average molecular weight is 333 g/mol.